The van der Waals surface area contributed by atoms with Crippen molar-refractivity contribution >= 4 is 5.97 Å². The number of ether oxygens (including phenoxy) is 2. The predicted molar refractivity (Wildman–Crippen MR) is 82.2 cm³/mol. The van der Waals surface area contributed by atoms with E-state index >= 15 is 0 Å². The third-order valence-corrected chi connectivity index (χ3v) is 4.57. The van der Waals surface area contributed by atoms with Crippen LogP contribution in [0.5, 0.6) is 0 Å². The molecule has 0 aromatic carbocycles. The summed E-state index contributed by atoms with van der Waals surface area (Å²) in [7, 11) is 0. The third-order valence-electron chi connectivity index (χ3n) is 4.57. The van der Waals surface area contributed by atoms with Gasteiger partial charge in [0.1, 0.15) is 0 Å². The Bertz CT molecular complexity index is 327. The number of hydrogen-bond donors (Lipinski definition) is 0. The maximum Gasteiger partial charge on any atom is 0.309 e. The fourth-order valence-corrected chi connectivity index (χ4v) is 3.22. The van der Waals surface area contributed by atoms with Crippen LogP contribution in [-0.4, -0.2) is 73.9 Å². The zero-order valence-electron chi connectivity index (χ0n) is 13.7. The smallest absolute Gasteiger partial charge is 0.309 e. The Hall–Kier alpha value is -0.650. The van der Waals surface area contributed by atoms with Gasteiger partial charge < -0.3 is 14.4 Å². The number of carbonyl (C=O) groups excluding carboxylic acids is 1. The summed E-state index contributed by atoms with van der Waals surface area (Å²) in [5, 5.41) is 0. The van der Waals surface area contributed by atoms with Gasteiger partial charge >= 0.3 is 5.97 Å². The van der Waals surface area contributed by atoms with E-state index in [9.17, 15) is 4.79 Å². The summed E-state index contributed by atoms with van der Waals surface area (Å²) in [6, 6.07) is 0.589. The van der Waals surface area contributed by atoms with Crippen molar-refractivity contribution in [2.75, 3.05) is 45.9 Å². The van der Waals surface area contributed by atoms with Gasteiger partial charge in [0.05, 0.1) is 25.2 Å². The number of morpholine rings is 1. The number of nitrogens with zero attached hydrogens (tertiary/aromatic N) is 2. The second-order valence-electron chi connectivity index (χ2n) is 6.41. The average Bonchev–Trinajstić information content (AvgIpc) is 2.48. The van der Waals surface area contributed by atoms with Crippen LogP contribution in [0.15, 0.2) is 0 Å². The van der Waals surface area contributed by atoms with Gasteiger partial charge in [-0.3, -0.25) is 9.69 Å². The fourth-order valence-electron chi connectivity index (χ4n) is 3.22. The number of carbonyl (C=O) groups is 1. The Morgan fingerprint density at radius 3 is 2.62 bits per heavy atom. The molecule has 0 aliphatic carbocycles. The van der Waals surface area contributed by atoms with Crippen LogP contribution >= 0.6 is 0 Å². The lowest BCUT2D eigenvalue weighted by Crippen LogP contribution is -2.51. The summed E-state index contributed by atoms with van der Waals surface area (Å²) >= 11 is 0. The summed E-state index contributed by atoms with van der Waals surface area (Å²) < 4.78 is 11.0. The zero-order chi connectivity index (χ0) is 15.2. The normalized spacial score (nSPS) is 26.2. The van der Waals surface area contributed by atoms with E-state index in [0.29, 0.717) is 18.8 Å². The number of likely N-dealkylation sites (tertiary alicyclic amines) is 1. The van der Waals surface area contributed by atoms with E-state index in [4.69, 9.17) is 9.47 Å². The molecule has 2 saturated heterocycles. The van der Waals surface area contributed by atoms with Gasteiger partial charge in [0.2, 0.25) is 0 Å². The summed E-state index contributed by atoms with van der Waals surface area (Å²) in [6.45, 7) is 12.7. The monoisotopic (exact) mass is 298 g/mol. The topological polar surface area (TPSA) is 42.0 Å². The van der Waals surface area contributed by atoms with Crippen molar-refractivity contribution in [2.24, 2.45) is 5.92 Å². The molecular weight excluding hydrogens is 268 g/mol. The van der Waals surface area contributed by atoms with E-state index in [1.54, 1.807) is 0 Å². The molecule has 0 aromatic rings. The third kappa shape index (κ3) is 4.94. The first-order valence-corrected chi connectivity index (χ1v) is 8.34. The van der Waals surface area contributed by atoms with E-state index in [-0.39, 0.29) is 11.9 Å². The quantitative estimate of drug-likeness (QED) is 0.717. The second-order valence-corrected chi connectivity index (χ2v) is 6.41. The van der Waals surface area contributed by atoms with Crippen molar-refractivity contribution < 1.29 is 14.3 Å². The molecule has 0 amide bonds. The molecule has 2 fully saturated rings. The summed E-state index contributed by atoms with van der Waals surface area (Å²) in [6.07, 6.45) is 2.14. The molecule has 0 N–H and O–H groups in total. The van der Waals surface area contributed by atoms with Crippen LogP contribution in [0, 0.1) is 5.92 Å². The van der Waals surface area contributed by atoms with E-state index in [0.717, 1.165) is 52.2 Å². The molecule has 0 bridgehead atoms. The molecule has 0 aromatic heterocycles. The molecule has 122 valence electrons. The molecule has 1 atom stereocenters. The molecule has 2 aliphatic heterocycles. The molecule has 0 saturated carbocycles. The van der Waals surface area contributed by atoms with Gasteiger partial charge in [-0.25, -0.2) is 0 Å². The van der Waals surface area contributed by atoms with Crippen molar-refractivity contribution in [3.05, 3.63) is 0 Å². The van der Waals surface area contributed by atoms with Crippen molar-refractivity contribution in [1.29, 1.82) is 0 Å². The molecule has 5 heteroatoms. The van der Waals surface area contributed by atoms with Crippen LogP contribution in [0.3, 0.4) is 0 Å². The van der Waals surface area contributed by atoms with Gasteiger partial charge in [-0.05, 0) is 46.7 Å². The van der Waals surface area contributed by atoms with Crippen LogP contribution in [0.1, 0.15) is 33.6 Å². The molecule has 2 rings (SSSR count). The van der Waals surface area contributed by atoms with E-state index < -0.39 is 0 Å². The number of rotatable bonds is 5. The Morgan fingerprint density at radius 1 is 1.29 bits per heavy atom. The largest absolute Gasteiger partial charge is 0.466 e. The zero-order valence-corrected chi connectivity index (χ0v) is 13.7. The van der Waals surface area contributed by atoms with E-state index in [2.05, 4.69) is 23.6 Å². The van der Waals surface area contributed by atoms with Crippen LogP contribution in [-0.2, 0) is 14.3 Å². The molecule has 5 nitrogen and oxygen atoms in total. The maximum atomic E-state index is 11.7. The van der Waals surface area contributed by atoms with E-state index in [1.807, 2.05) is 6.92 Å². The molecule has 0 spiro atoms. The Kier molecular flexibility index (Phi) is 6.45. The lowest BCUT2D eigenvalue weighted by Gasteiger charge is -2.39. The first kappa shape index (κ1) is 16.7. The highest BCUT2D eigenvalue weighted by atomic mass is 16.5. The van der Waals surface area contributed by atoms with Crippen LogP contribution in [0.2, 0.25) is 0 Å². The highest BCUT2D eigenvalue weighted by Gasteiger charge is 2.29. The summed E-state index contributed by atoms with van der Waals surface area (Å²) in [5.41, 5.74) is 0. The molecule has 2 heterocycles. The molecule has 1 unspecified atom stereocenters. The van der Waals surface area contributed by atoms with Gasteiger partial charge in [0.15, 0.2) is 0 Å². The van der Waals surface area contributed by atoms with Crippen LogP contribution in [0.4, 0.5) is 0 Å². The Balaban J connectivity index is 1.72. The lowest BCUT2D eigenvalue weighted by molar-refractivity contribution is -0.149. The molecule has 0 radical (unpaired) electrons. The molecule has 2 aliphatic rings. The summed E-state index contributed by atoms with van der Waals surface area (Å²) in [4.78, 5) is 16.7. The second kappa shape index (κ2) is 8.11. The standard InChI is InChI=1S/C16H30N2O3/c1-4-20-16(19)14-5-7-17(8-6-14)11-15-12-18(13(2)3)9-10-21-15/h13-15H,4-12H2,1-3H3. The fraction of sp³-hybridized carbons (Fsp3) is 0.938. The van der Waals surface area contributed by atoms with Gasteiger partial charge in [-0.15, -0.1) is 0 Å². The van der Waals surface area contributed by atoms with Gasteiger partial charge in [-0.2, -0.15) is 0 Å². The molecule has 21 heavy (non-hydrogen) atoms. The van der Waals surface area contributed by atoms with Gasteiger partial charge in [-0.1, -0.05) is 0 Å². The SMILES string of the molecule is CCOC(=O)C1CCN(CC2CN(C(C)C)CCO2)CC1. The minimum absolute atomic E-state index is 0.0166. The first-order valence-electron chi connectivity index (χ1n) is 8.34. The Morgan fingerprint density at radius 2 is 2.00 bits per heavy atom. The van der Waals surface area contributed by atoms with Crippen molar-refractivity contribution in [3.8, 4) is 0 Å². The average molecular weight is 298 g/mol. The minimum atomic E-state index is -0.0166. The summed E-state index contributed by atoms with van der Waals surface area (Å²) in [5.74, 6) is 0.0812. The van der Waals surface area contributed by atoms with Crippen molar-refractivity contribution in [1.82, 2.24) is 9.80 Å². The Labute approximate surface area is 128 Å². The van der Waals surface area contributed by atoms with Crippen molar-refractivity contribution in [2.45, 2.75) is 45.8 Å². The van der Waals surface area contributed by atoms with Crippen molar-refractivity contribution in [3.63, 3.8) is 0 Å². The van der Waals surface area contributed by atoms with E-state index in [1.165, 1.54) is 0 Å². The molecular formula is C16H30N2O3. The highest BCUT2D eigenvalue weighted by molar-refractivity contribution is 5.72. The first-order chi connectivity index (χ1) is 10.1. The lowest BCUT2D eigenvalue weighted by atomic mass is 9.96. The highest BCUT2D eigenvalue weighted by Crippen LogP contribution is 2.20. The maximum absolute atomic E-state index is 11.7. The number of esters is 1. The van der Waals surface area contributed by atoms with Crippen LogP contribution < -0.4 is 0 Å². The minimum Gasteiger partial charge on any atom is -0.466 e. The predicted octanol–water partition coefficient (Wildman–Crippen LogP) is 1.37. The van der Waals surface area contributed by atoms with Crippen LogP contribution in [0.25, 0.3) is 0 Å². The number of hydrogen-bond acceptors (Lipinski definition) is 5. The number of piperidine rings is 1. The van der Waals surface area contributed by atoms with Gasteiger partial charge in [0, 0.05) is 25.7 Å². The van der Waals surface area contributed by atoms with Gasteiger partial charge in [0.25, 0.3) is 0 Å².